The van der Waals surface area contributed by atoms with Gasteiger partial charge in [0.25, 0.3) is 5.91 Å². The van der Waals surface area contributed by atoms with Crippen molar-refractivity contribution in [1.82, 2.24) is 4.90 Å². The van der Waals surface area contributed by atoms with Gasteiger partial charge in [-0.1, -0.05) is 42.5 Å². The quantitative estimate of drug-likeness (QED) is 0.651. The van der Waals surface area contributed by atoms with Crippen molar-refractivity contribution < 1.29 is 19.0 Å². The molecule has 144 valence electrons. The molecule has 0 atom stereocenters. The summed E-state index contributed by atoms with van der Waals surface area (Å²) >= 11 is 0. The van der Waals surface area contributed by atoms with Gasteiger partial charge in [0.1, 0.15) is 19.0 Å². The predicted octanol–water partition coefficient (Wildman–Crippen LogP) is 4.04. The Morgan fingerprint density at radius 1 is 1.00 bits per heavy atom. The van der Waals surface area contributed by atoms with E-state index in [0.29, 0.717) is 32.1 Å². The Balaban J connectivity index is 1.42. The summed E-state index contributed by atoms with van der Waals surface area (Å²) in [4.78, 5) is 14.5. The van der Waals surface area contributed by atoms with Gasteiger partial charge in [0, 0.05) is 18.7 Å². The number of para-hydroxylation sites is 1. The van der Waals surface area contributed by atoms with E-state index in [9.17, 15) is 4.79 Å². The molecule has 0 saturated heterocycles. The van der Waals surface area contributed by atoms with Crippen LogP contribution < -0.4 is 14.2 Å². The van der Waals surface area contributed by atoms with Crippen molar-refractivity contribution >= 4 is 16.7 Å². The highest BCUT2D eigenvalue weighted by Gasteiger charge is 2.20. The molecule has 0 unspecified atom stereocenters. The second-order valence-corrected chi connectivity index (χ2v) is 6.65. The third-order valence-electron chi connectivity index (χ3n) is 4.83. The molecule has 1 heterocycles. The molecule has 0 N–H and O–H groups in total. The van der Waals surface area contributed by atoms with Crippen LogP contribution >= 0.6 is 0 Å². The van der Waals surface area contributed by atoms with E-state index in [1.807, 2.05) is 61.5 Å². The van der Waals surface area contributed by atoms with Gasteiger partial charge in [0.05, 0.1) is 0 Å². The summed E-state index contributed by atoms with van der Waals surface area (Å²) < 4.78 is 17.1. The first-order chi connectivity index (χ1) is 13.7. The number of carbonyl (C=O) groups is 1. The summed E-state index contributed by atoms with van der Waals surface area (Å²) in [5.41, 5.74) is 0.943. The molecule has 0 fully saturated rings. The Labute approximate surface area is 164 Å². The molecular formula is C23H23NO4. The van der Waals surface area contributed by atoms with E-state index in [-0.39, 0.29) is 12.5 Å². The highest BCUT2D eigenvalue weighted by Crippen LogP contribution is 2.34. The standard InChI is InChI=1S/C23H23NO4/c1-2-24(15-19-8-5-9-21-23(19)27-13-12-26-21)22(25)16-28-20-11-10-17-6-3-4-7-18(17)14-20/h3-11,14H,2,12-13,15-16H2,1H3. The lowest BCUT2D eigenvalue weighted by atomic mass is 10.1. The van der Waals surface area contributed by atoms with Gasteiger partial charge < -0.3 is 19.1 Å². The largest absolute Gasteiger partial charge is 0.486 e. The van der Waals surface area contributed by atoms with Gasteiger partial charge in [0.2, 0.25) is 0 Å². The van der Waals surface area contributed by atoms with Gasteiger partial charge in [-0.3, -0.25) is 4.79 Å². The maximum Gasteiger partial charge on any atom is 0.260 e. The maximum absolute atomic E-state index is 12.7. The summed E-state index contributed by atoms with van der Waals surface area (Å²) in [6, 6.07) is 19.7. The zero-order valence-electron chi connectivity index (χ0n) is 15.9. The number of hydrogen-bond donors (Lipinski definition) is 0. The van der Waals surface area contributed by atoms with Crippen molar-refractivity contribution in [2.45, 2.75) is 13.5 Å². The lowest BCUT2D eigenvalue weighted by molar-refractivity contribution is -0.133. The molecule has 5 nitrogen and oxygen atoms in total. The maximum atomic E-state index is 12.7. The molecule has 0 spiro atoms. The van der Waals surface area contributed by atoms with Crippen molar-refractivity contribution in [2.75, 3.05) is 26.4 Å². The van der Waals surface area contributed by atoms with Crippen molar-refractivity contribution in [3.8, 4) is 17.2 Å². The van der Waals surface area contributed by atoms with Crippen LogP contribution in [0.3, 0.4) is 0 Å². The molecule has 0 aliphatic carbocycles. The fourth-order valence-corrected chi connectivity index (χ4v) is 3.33. The monoisotopic (exact) mass is 377 g/mol. The number of benzene rings is 3. The van der Waals surface area contributed by atoms with Crippen LogP contribution in [0.25, 0.3) is 10.8 Å². The number of carbonyl (C=O) groups excluding carboxylic acids is 1. The SMILES string of the molecule is CCN(Cc1cccc2c1OCCO2)C(=O)COc1ccc2ccccc2c1. The topological polar surface area (TPSA) is 48.0 Å². The van der Waals surface area contributed by atoms with Crippen molar-refractivity contribution in [2.24, 2.45) is 0 Å². The number of rotatable bonds is 6. The van der Waals surface area contributed by atoms with E-state index in [1.54, 1.807) is 4.90 Å². The summed E-state index contributed by atoms with van der Waals surface area (Å²) in [6.07, 6.45) is 0. The summed E-state index contributed by atoms with van der Waals surface area (Å²) in [6.45, 7) is 4.08. The number of likely N-dealkylation sites (N-methyl/N-ethyl adjacent to an activating group) is 1. The van der Waals surface area contributed by atoms with Crippen LogP contribution in [-0.2, 0) is 11.3 Å². The predicted molar refractivity (Wildman–Crippen MR) is 108 cm³/mol. The van der Waals surface area contributed by atoms with Crippen LogP contribution in [-0.4, -0.2) is 37.2 Å². The van der Waals surface area contributed by atoms with Crippen LogP contribution in [0.2, 0.25) is 0 Å². The average molecular weight is 377 g/mol. The summed E-state index contributed by atoms with van der Waals surface area (Å²) in [5, 5.41) is 2.24. The highest BCUT2D eigenvalue weighted by atomic mass is 16.6. The van der Waals surface area contributed by atoms with Crippen molar-refractivity contribution in [3.63, 3.8) is 0 Å². The highest BCUT2D eigenvalue weighted by molar-refractivity contribution is 5.84. The number of ether oxygens (including phenoxy) is 3. The fourth-order valence-electron chi connectivity index (χ4n) is 3.33. The third-order valence-corrected chi connectivity index (χ3v) is 4.83. The van der Waals surface area contributed by atoms with Crippen molar-refractivity contribution in [1.29, 1.82) is 0 Å². The third kappa shape index (κ3) is 3.88. The molecule has 3 aromatic carbocycles. The van der Waals surface area contributed by atoms with E-state index in [1.165, 1.54) is 0 Å². The number of fused-ring (bicyclic) bond motifs is 2. The van der Waals surface area contributed by atoms with Gasteiger partial charge in [-0.2, -0.15) is 0 Å². The van der Waals surface area contributed by atoms with Gasteiger partial charge in [-0.15, -0.1) is 0 Å². The van der Waals surface area contributed by atoms with Crippen LogP contribution in [0, 0.1) is 0 Å². The van der Waals surface area contributed by atoms with E-state index in [0.717, 1.165) is 27.8 Å². The molecule has 0 aromatic heterocycles. The number of nitrogens with zero attached hydrogens (tertiary/aromatic N) is 1. The fraction of sp³-hybridized carbons (Fsp3) is 0.261. The zero-order chi connectivity index (χ0) is 19.3. The van der Waals surface area contributed by atoms with Gasteiger partial charge in [-0.05, 0) is 35.9 Å². The zero-order valence-corrected chi connectivity index (χ0v) is 15.9. The molecule has 1 amide bonds. The summed E-state index contributed by atoms with van der Waals surface area (Å²) in [7, 11) is 0. The van der Waals surface area contributed by atoms with E-state index < -0.39 is 0 Å². The Hall–Kier alpha value is -3.21. The molecule has 1 aliphatic heterocycles. The minimum absolute atomic E-state index is 0.00143. The molecule has 3 aromatic rings. The minimum atomic E-state index is -0.0648. The second kappa shape index (κ2) is 8.21. The Kier molecular flexibility index (Phi) is 5.33. The lowest BCUT2D eigenvalue weighted by Gasteiger charge is -2.25. The molecule has 4 rings (SSSR count). The number of amides is 1. The summed E-state index contributed by atoms with van der Waals surface area (Å²) in [5.74, 6) is 2.09. The first-order valence-electron chi connectivity index (χ1n) is 9.51. The first-order valence-corrected chi connectivity index (χ1v) is 9.51. The Morgan fingerprint density at radius 3 is 2.68 bits per heavy atom. The smallest absolute Gasteiger partial charge is 0.260 e. The molecule has 0 radical (unpaired) electrons. The molecule has 0 saturated carbocycles. The first kappa shape index (κ1) is 18.2. The van der Waals surface area contributed by atoms with Crippen LogP contribution in [0.15, 0.2) is 60.7 Å². The van der Waals surface area contributed by atoms with Gasteiger partial charge >= 0.3 is 0 Å². The van der Waals surface area contributed by atoms with Crippen LogP contribution in [0.1, 0.15) is 12.5 Å². The van der Waals surface area contributed by atoms with Crippen molar-refractivity contribution in [3.05, 3.63) is 66.2 Å². The lowest BCUT2D eigenvalue weighted by Crippen LogP contribution is -2.34. The van der Waals surface area contributed by atoms with Gasteiger partial charge in [-0.25, -0.2) is 0 Å². The molecule has 1 aliphatic rings. The van der Waals surface area contributed by atoms with Gasteiger partial charge in [0.15, 0.2) is 18.1 Å². The average Bonchev–Trinajstić information content (AvgIpc) is 2.75. The molecule has 0 bridgehead atoms. The molecule has 5 heteroatoms. The second-order valence-electron chi connectivity index (χ2n) is 6.65. The van der Waals surface area contributed by atoms with Crippen LogP contribution in [0.4, 0.5) is 0 Å². The normalized spacial score (nSPS) is 12.6. The Bertz CT molecular complexity index is 985. The molecule has 28 heavy (non-hydrogen) atoms. The minimum Gasteiger partial charge on any atom is -0.486 e. The van der Waals surface area contributed by atoms with Crippen LogP contribution in [0.5, 0.6) is 17.2 Å². The Morgan fingerprint density at radius 2 is 1.82 bits per heavy atom. The van der Waals surface area contributed by atoms with E-state index >= 15 is 0 Å². The number of hydrogen-bond acceptors (Lipinski definition) is 4. The van der Waals surface area contributed by atoms with E-state index in [2.05, 4.69) is 6.07 Å². The van der Waals surface area contributed by atoms with E-state index in [4.69, 9.17) is 14.2 Å². The molecular weight excluding hydrogens is 354 g/mol.